The molecule has 0 aromatic carbocycles. The van der Waals surface area contributed by atoms with Crippen LogP contribution in [0.25, 0.3) is 5.65 Å². The molecule has 6 heteroatoms. The van der Waals surface area contributed by atoms with Crippen LogP contribution in [0.3, 0.4) is 0 Å². The molecule has 0 saturated carbocycles. The standard InChI is InChI=1S/C11H18N6/c1-3-4-12-5-7-16(2)10-11-15-14-9-17(11)8-6-13-10/h6,8-9,12H,3-5,7H2,1-2H3. The Balaban J connectivity index is 2.03. The maximum absolute atomic E-state index is 4.35. The molecule has 0 amide bonds. The second-order valence-electron chi connectivity index (χ2n) is 3.98. The summed E-state index contributed by atoms with van der Waals surface area (Å²) in [6.07, 6.45) is 6.45. The summed E-state index contributed by atoms with van der Waals surface area (Å²) in [6.45, 7) is 5.06. The van der Waals surface area contributed by atoms with Gasteiger partial charge < -0.3 is 10.2 Å². The fraction of sp³-hybridized carbons (Fsp3) is 0.545. The third-order valence-electron chi connectivity index (χ3n) is 2.61. The molecule has 0 saturated heterocycles. The van der Waals surface area contributed by atoms with Crippen LogP contribution in [0.5, 0.6) is 0 Å². The number of nitrogens with zero attached hydrogens (tertiary/aromatic N) is 5. The molecule has 0 spiro atoms. The number of aromatic nitrogens is 4. The Hall–Kier alpha value is -1.69. The zero-order valence-corrected chi connectivity index (χ0v) is 10.3. The van der Waals surface area contributed by atoms with Crippen molar-refractivity contribution < 1.29 is 0 Å². The molecule has 2 rings (SSSR count). The molecule has 1 N–H and O–H groups in total. The zero-order chi connectivity index (χ0) is 12.1. The van der Waals surface area contributed by atoms with Crippen LogP contribution in [0, 0.1) is 0 Å². The lowest BCUT2D eigenvalue weighted by Gasteiger charge is -2.18. The smallest absolute Gasteiger partial charge is 0.203 e. The Morgan fingerprint density at radius 3 is 3.12 bits per heavy atom. The van der Waals surface area contributed by atoms with E-state index in [1.807, 2.05) is 17.6 Å². The van der Waals surface area contributed by atoms with Crippen molar-refractivity contribution in [2.24, 2.45) is 0 Å². The van der Waals surface area contributed by atoms with E-state index in [9.17, 15) is 0 Å². The van der Waals surface area contributed by atoms with Crippen LogP contribution in [-0.2, 0) is 0 Å². The molecule has 2 aromatic rings. The number of fused-ring (bicyclic) bond motifs is 1. The third kappa shape index (κ3) is 2.71. The molecule has 17 heavy (non-hydrogen) atoms. The van der Waals surface area contributed by atoms with Crippen LogP contribution in [-0.4, -0.2) is 46.3 Å². The number of rotatable bonds is 6. The first kappa shape index (κ1) is 11.8. The van der Waals surface area contributed by atoms with Gasteiger partial charge in [-0.1, -0.05) is 6.92 Å². The molecule has 2 aromatic heterocycles. The molecule has 2 heterocycles. The van der Waals surface area contributed by atoms with Gasteiger partial charge in [-0.15, -0.1) is 10.2 Å². The van der Waals surface area contributed by atoms with Crippen molar-refractivity contribution in [3.05, 3.63) is 18.7 Å². The van der Waals surface area contributed by atoms with E-state index >= 15 is 0 Å². The minimum absolute atomic E-state index is 0.797. The number of likely N-dealkylation sites (N-methyl/N-ethyl adjacent to an activating group) is 1. The van der Waals surface area contributed by atoms with Crippen LogP contribution in [0.1, 0.15) is 13.3 Å². The van der Waals surface area contributed by atoms with Crippen molar-refractivity contribution >= 4 is 11.5 Å². The number of anilines is 1. The first-order valence-corrected chi connectivity index (χ1v) is 5.89. The average Bonchev–Trinajstić information content (AvgIpc) is 2.82. The van der Waals surface area contributed by atoms with E-state index in [1.165, 1.54) is 0 Å². The van der Waals surface area contributed by atoms with Gasteiger partial charge in [0.05, 0.1) is 0 Å². The summed E-state index contributed by atoms with van der Waals surface area (Å²) in [4.78, 5) is 6.44. The van der Waals surface area contributed by atoms with E-state index in [0.717, 1.165) is 37.5 Å². The molecule has 0 atom stereocenters. The summed E-state index contributed by atoms with van der Waals surface area (Å²) in [7, 11) is 2.02. The van der Waals surface area contributed by atoms with Gasteiger partial charge in [-0.25, -0.2) is 4.98 Å². The van der Waals surface area contributed by atoms with E-state index < -0.39 is 0 Å². The first-order chi connectivity index (χ1) is 8.33. The Kier molecular flexibility index (Phi) is 3.87. The van der Waals surface area contributed by atoms with Gasteiger partial charge in [0.25, 0.3) is 0 Å². The fourth-order valence-corrected chi connectivity index (χ4v) is 1.67. The maximum atomic E-state index is 4.35. The second kappa shape index (κ2) is 5.58. The van der Waals surface area contributed by atoms with E-state index in [0.29, 0.717) is 0 Å². The quantitative estimate of drug-likeness (QED) is 0.740. The predicted molar refractivity (Wildman–Crippen MR) is 67.2 cm³/mol. The van der Waals surface area contributed by atoms with Crippen LogP contribution >= 0.6 is 0 Å². The van der Waals surface area contributed by atoms with Crippen LogP contribution in [0.2, 0.25) is 0 Å². The average molecular weight is 234 g/mol. The van der Waals surface area contributed by atoms with Crippen LogP contribution in [0.4, 0.5) is 5.82 Å². The number of hydrogen-bond donors (Lipinski definition) is 1. The maximum Gasteiger partial charge on any atom is 0.203 e. The summed E-state index contributed by atoms with van der Waals surface area (Å²) in [5.74, 6) is 0.864. The molecule has 0 unspecified atom stereocenters. The highest BCUT2D eigenvalue weighted by atomic mass is 15.3. The summed E-state index contributed by atoms with van der Waals surface area (Å²) in [6, 6.07) is 0. The molecular formula is C11H18N6. The minimum Gasteiger partial charge on any atom is -0.355 e. The highest BCUT2D eigenvalue weighted by molar-refractivity contribution is 5.62. The van der Waals surface area contributed by atoms with Crippen molar-refractivity contribution in [2.75, 3.05) is 31.6 Å². The zero-order valence-electron chi connectivity index (χ0n) is 10.3. The van der Waals surface area contributed by atoms with E-state index in [2.05, 4.69) is 32.3 Å². The van der Waals surface area contributed by atoms with Gasteiger partial charge in [-0.2, -0.15) is 0 Å². The van der Waals surface area contributed by atoms with Gasteiger partial charge in [0.15, 0.2) is 5.82 Å². The molecule has 0 fully saturated rings. The largest absolute Gasteiger partial charge is 0.355 e. The molecule has 0 aliphatic rings. The molecule has 92 valence electrons. The van der Waals surface area contributed by atoms with Crippen molar-refractivity contribution in [3.8, 4) is 0 Å². The van der Waals surface area contributed by atoms with Crippen LogP contribution < -0.4 is 10.2 Å². The van der Waals surface area contributed by atoms with Crippen molar-refractivity contribution in [1.82, 2.24) is 24.9 Å². The fourth-order valence-electron chi connectivity index (χ4n) is 1.67. The second-order valence-corrected chi connectivity index (χ2v) is 3.98. The van der Waals surface area contributed by atoms with Crippen LogP contribution in [0.15, 0.2) is 18.7 Å². The molecule has 6 nitrogen and oxygen atoms in total. The summed E-state index contributed by atoms with van der Waals surface area (Å²) < 4.78 is 1.87. The summed E-state index contributed by atoms with van der Waals surface area (Å²) >= 11 is 0. The van der Waals surface area contributed by atoms with Gasteiger partial charge in [0, 0.05) is 32.5 Å². The Morgan fingerprint density at radius 2 is 2.29 bits per heavy atom. The summed E-state index contributed by atoms with van der Waals surface area (Å²) in [5, 5.41) is 11.3. The van der Waals surface area contributed by atoms with Gasteiger partial charge in [-0.3, -0.25) is 4.40 Å². The normalized spacial score (nSPS) is 10.9. The lowest BCUT2D eigenvalue weighted by atomic mass is 10.4. The third-order valence-corrected chi connectivity index (χ3v) is 2.61. The Morgan fingerprint density at radius 1 is 1.41 bits per heavy atom. The van der Waals surface area contributed by atoms with Gasteiger partial charge in [0.1, 0.15) is 6.33 Å². The monoisotopic (exact) mass is 234 g/mol. The highest BCUT2D eigenvalue weighted by Crippen LogP contribution is 2.13. The van der Waals surface area contributed by atoms with E-state index in [1.54, 1.807) is 12.5 Å². The predicted octanol–water partition coefficient (Wildman–Crippen LogP) is 0.560. The topological polar surface area (TPSA) is 58.4 Å². The molecule has 0 aliphatic heterocycles. The van der Waals surface area contributed by atoms with Gasteiger partial charge in [0.2, 0.25) is 5.65 Å². The lowest BCUT2D eigenvalue weighted by Crippen LogP contribution is -2.30. The molecule has 0 aliphatic carbocycles. The Labute approximate surface area is 101 Å². The summed E-state index contributed by atoms with van der Waals surface area (Å²) in [5.41, 5.74) is 0.797. The SMILES string of the molecule is CCCNCCN(C)c1nccn2cnnc12. The number of hydrogen-bond acceptors (Lipinski definition) is 5. The lowest BCUT2D eigenvalue weighted by molar-refractivity contribution is 0.664. The van der Waals surface area contributed by atoms with E-state index in [-0.39, 0.29) is 0 Å². The first-order valence-electron chi connectivity index (χ1n) is 5.89. The highest BCUT2D eigenvalue weighted by Gasteiger charge is 2.08. The van der Waals surface area contributed by atoms with Gasteiger partial charge in [-0.05, 0) is 13.0 Å². The molecular weight excluding hydrogens is 216 g/mol. The number of nitrogens with one attached hydrogen (secondary N) is 1. The van der Waals surface area contributed by atoms with E-state index in [4.69, 9.17) is 0 Å². The minimum atomic E-state index is 0.797. The Bertz CT molecular complexity index is 466. The van der Waals surface area contributed by atoms with Crippen molar-refractivity contribution in [3.63, 3.8) is 0 Å². The molecule has 0 bridgehead atoms. The molecule has 0 radical (unpaired) electrons. The van der Waals surface area contributed by atoms with Gasteiger partial charge >= 0.3 is 0 Å². The van der Waals surface area contributed by atoms with Crippen molar-refractivity contribution in [1.29, 1.82) is 0 Å². The van der Waals surface area contributed by atoms with Crippen molar-refractivity contribution in [2.45, 2.75) is 13.3 Å².